The van der Waals surface area contributed by atoms with Crippen molar-refractivity contribution < 1.29 is 4.79 Å². The molecular formula is C16H16N2O. The summed E-state index contributed by atoms with van der Waals surface area (Å²) in [4.78, 5) is 15.0. The number of carbonyl (C=O) groups is 1. The van der Waals surface area contributed by atoms with Gasteiger partial charge in [0, 0.05) is 29.9 Å². The number of benzene rings is 1. The number of fused-ring (bicyclic) bond motifs is 1. The van der Waals surface area contributed by atoms with Crippen LogP contribution in [0.2, 0.25) is 0 Å². The lowest BCUT2D eigenvalue weighted by Gasteiger charge is -2.12. The number of aromatic amines is 1. The molecule has 1 atom stereocenters. The first-order valence-corrected chi connectivity index (χ1v) is 6.81. The van der Waals surface area contributed by atoms with Gasteiger partial charge in [-0.25, -0.2) is 0 Å². The summed E-state index contributed by atoms with van der Waals surface area (Å²) in [6.07, 6.45) is 6.57. The molecule has 3 nitrogen and oxygen atoms in total. The Balaban J connectivity index is 2.04. The van der Waals surface area contributed by atoms with Crippen molar-refractivity contribution in [2.45, 2.75) is 38.0 Å². The van der Waals surface area contributed by atoms with E-state index in [1.807, 2.05) is 24.4 Å². The van der Waals surface area contributed by atoms with Crippen molar-refractivity contribution in [3.05, 3.63) is 35.5 Å². The number of hydrogen-bond acceptors (Lipinski definition) is 2. The van der Waals surface area contributed by atoms with Gasteiger partial charge in [-0.1, -0.05) is 6.42 Å². The number of ketones is 1. The van der Waals surface area contributed by atoms with Crippen molar-refractivity contribution in [2.24, 2.45) is 0 Å². The summed E-state index contributed by atoms with van der Waals surface area (Å²) in [5.41, 5.74) is 2.92. The number of nitrogens with zero attached hydrogens (tertiary/aromatic N) is 1. The molecule has 3 heteroatoms. The second-order valence-electron chi connectivity index (χ2n) is 5.30. The Bertz CT molecular complexity index is 663. The molecule has 1 heterocycles. The van der Waals surface area contributed by atoms with E-state index in [-0.39, 0.29) is 0 Å². The number of rotatable bonds is 1. The fourth-order valence-corrected chi connectivity index (χ4v) is 3.01. The molecule has 1 aliphatic rings. The second-order valence-corrected chi connectivity index (χ2v) is 5.30. The maximum absolute atomic E-state index is 11.8. The molecule has 1 saturated carbocycles. The van der Waals surface area contributed by atoms with Crippen molar-refractivity contribution in [3.63, 3.8) is 0 Å². The summed E-state index contributed by atoms with van der Waals surface area (Å²) in [7, 11) is 0. The van der Waals surface area contributed by atoms with E-state index in [0.717, 1.165) is 36.6 Å². The monoisotopic (exact) mass is 252 g/mol. The van der Waals surface area contributed by atoms with Gasteiger partial charge in [0.15, 0.2) is 0 Å². The third kappa shape index (κ3) is 2.26. The summed E-state index contributed by atoms with van der Waals surface area (Å²) in [6, 6.07) is 7.87. The number of carbonyl (C=O) groups excluding carboxylic acids is 1. The highest BCUT2D eigenvalue weighted by Crippen LogP contribution is 2.34. The number of Topliss-reactive ketones (excluding diaryl/α,β-unsaturated/α-hetero) is 1. The van der Waals surface area contributed by atoms with Crippen LogP contribution in [-0.4, -0.2) is 10.8 Å². The zero-order chi connectivity index (χ0) is 13.2. The van der Waals surface area contributed by atoms with Gasteiger partial charge >= 0.3 is 0 Å². The number of nitriles is 1. The molecule has 0 aliphatic heterocycles. The average Bonchev–Trinajstić information content (AvgIpc) is 2.73. The fourth-order valence-electron chi connectivity index (χ4n) is 3.01. The van der Waals surface area contributed by atoms with Gasteiger partial charge in [-0.3, -0.25) is 4.79 Å². The van der Waals surface area contributed by atoms with Crippen LogP contribution in [0.25, 0.3) is 10.9 Å². The van der Waals surface area contributed by atoms with Crippen molar-refractivity contribution in [1.82, 2.24) is 4.98 Å². The summed E-state index contributed by atoms with van der Waals surface area (Å²) in [5.74, 6) is 0.672. The predicted octanol–water partition coefficient (Wildman–Crippen LogP) is 3.66. The first kappa shape index (κ1) is 12.0. The highest BCUT2D eigenvalue weighted by atomic mass is 16.1. The molecule has 0 saturated heterocycles. The van der Waals surface area contributed by atoms with Gasteiger partial charge in [0.25, 0.3) is 0 Å². The van der Waals surface area contributed by atoms with Crippen molar-refractivity contribution in [3.8, 4) is 6.07 Å². The molecule has 0 radical (unpaired) electrons. The van der Waals surface area contributed by atoms with E-state index in [0.29, 0.717) is 23.7 Å². The summed E-state index contributed by atoms with van der Waals surface area (Å²) < 4.78 is 0. The minimum atomic E-state index is 0.303. The maximum Gasteiger partial charge on any atom is 0.133 e. The van der Waals surface area contributed by atoms with Gasteiger partial charge in [-0.15, -0.1) is 0 Å². The molecule has 19 heavy (non-hydrogen) atoms. The Morgan fingerprint density at radius 2 is 2.21 bits per heavy atom. The molecule has 1 N–H and O–H groups in total. The van der Waals surface area contributed by atoms with E-state index < -0.39 is 0 Å². The van der Waals surface area contributed by atoms with Gasteiger partial charge < -0.3 is 4.98 Å². The molecule has 0 spiro atoms. The van der Waals surface area contributed by atoms with E-state index in [9.17, 15) is 4.79 Å². The Labute approximate surface area is 112 Å². The van der Waals surface area contributed by atoms with Gasteiger partial charge in [-0.2, -0.15) is 5.26 Å². The number of nitrogens with one attached hydrogen (secondary N) is 1. The van der Waals surface area contributed by atoms with Crippen molar-refractivity contribution in [1.29, 1.82) is 5.26 Å². The van der Waals surface area contributed by atoms with Crippen LogP contribution in [0.15, 0.2) is 24.4 Å². The Hall–Kier alpha value is -2.08. The molecular weight excluding hydrogens is 236 g/mol. The summed E-state index contributed by atoms with van der Waals surface area (Å²) in [5, 5.41) is 10.1. The normalized spacial score (nSPS) is 20.2. The first-order valence-electron chi connectivity index (χ1n) is 6.81. The zero-order valence-corrected chi connectivity index (χ0v) is 10.8. The molecule has 3 rings (SSSR count). The van der Waals surface area contributed by atoms with Crippen LogP contribution in [0.3, 0.4) is 0 Å². The Kier molecular flexibility index (Phi) is 3.08. The third-order valence-corrected chi connectivity index (χ3v) is 4.01. The molecule has 1 aliphatic carbocycles. The molecule has 0 amide bonds. The smallest absolute Gasteiger partial charge is 0.133 e. The quantitative estimate of drug-likeness (QED) is 0.787. The van der Waals surface area contributed by atoms with Crippen LogP contribution in [0.4, 0.5) is 0 Å². The number of hydrogen-bond donors (Lipinski definition) is 1. The molecule has 96 valence electrons. The lowest BCUT2D eigenvalue weighted by molar-refractivity contribution is -0.119. The largest absolute Gasteiger partial charge is 0.361 e. The lowest BCUT2D eigenvalue weighted by Crippen LogP contribution is -2.03. The van der Waals surface area contributed by atoms with E-state index in [4.69, 9.17) is 5.26 Å². The summed E-state index contributed by atoms with van der Waals surface area (Å²) in [6.45, 7) is 0. The first-order chi connectivity index (χ1) is 9.28. The van der Waals surface area contributed by atoms with Crippen molar-refractivity contribution in [2.75, 3.05) is 0 Å². The van der Waals surface area contributed by atoms with Crippen LogP contribution >= 0.6 is 0 Å². The fraction of sp³-hybridized carbons (Fsp3) is 0.375. The Morgan fingerprint density at radius 3 is 3.05 bits per heavy atom. The van der Waals surface area contributed by atoms with E-state index in [2.05, 4.69) is 11.1 Å². The van der Waals surface area contributed by atoms with Crippen LogP contribution in [0, 0.1) is 11.3 Å². The van der Waals surface area contributed by atoms with Crippen LogP contribution in [-0.2, 0) is 4.79 Å². The molecule has 1 fully saturated rings. The van der Waals surface area contributed by atoms with E-state index in [1.165, 1.54) is 5.56 Å². The minimum Gasteiger partial charge on any atom is -0.361 e. The van der Waals surface area contributed by atoms with Gasteiger partial charge in [-0.05, 0) is 42.5 Å². The number of H-pyrrole nitrogens is 1. The van der Waals surface area contributed by atoms with Crippen LogP contribution < -0.4 is 0 Å². The van der Waals surface area contributed by atoms with Crippen LogP contribution in [0.5, 0.6) is 0 Å². The molecule has 0 bridgehead atoms. The topological polar surface area (TPSA) is 56.6 Å². The minimum absolute atomic E-state index is 0.303. The van der Waals surface area contributed by atoms with Gasteiger partial charge in [0.1, 0.15) is 5.78 Å². The maximum atomic E-state index is 11.8. The van der Waals surface area contributed by atoms with E-state index in [1.54, 1.807) is 0 Å². The lowest BCUT2D eigenvalue weighted by atomic mass is 9.91. The van der Waals surface area contributed by atoms with Gasteiger partial charge in [0.05, 0.1) is 11.6 Å². The highest BCUT2D eigenvalue weighted by Gasteiger charge is 2.21. The van der Waals surface area contributed by atoms with Crippen LogP contribution in [0.1, 0.15) is 49.1 Å². The molecule has 1 aromatic heterocycles. The van der Waals surface area contributed by atoms with E-state index >= 15 is 0 Å². The second kappa shape index (κ2) is 4.89. The number of aromatic nitrogens is 1. The Morgan fingerprint density at radius 1 is 1.32 bits per heavy atom. The molecule has 1 unspecified atom stereocenters. The van der Waals surface area contributed by atoms with Gasteiger partial charge in [0.2, 0.25) is 0 Å². The molecule has 1 aromatic carbocycles. The third-order valence-electron chi connectivity index (χ3n) is 4.01. The predicted molar refractivity (Wildman–Crippen MR) is 73.8 cm³/mol. The average molecular weight is 252 g/mol. The standard InChI is InChI=1S/C16H16N2O/c17-9-11-5-6-16-14(7-11)15(10-18-16)12-3-1-2-4-13(19)8-12/h5-7,10,12,18H,1-4,8H2. The zero-order valence-electron chi connectivity index (χ0n) is 10.8. The van der Waals surface area contributed by atoms with Crippen molar-refractivity contribution >= 4 is 16.7 Å². The highest BCUT2D eigenvalue weighted by molar-refractivity contribution is 5.86. The SMILES string of the molecule is N#Cc1ccc2[nH]cc(C3CCCCC(=O)C3)c2c1. The summed E-state index contributed by atoms with van der Waals surface area (Å²) >= 11 is 0. The molecule has 2 aromatic rings.